The number of benzene rings is 1. The molecule has 1 rings (SSSR count). The first kappa shape index (κ1) is 16.6. The van der Waals surface area contributed by atoms with Gasteiger partial charge in [-0.1, -0.05) is 0 Å². The maximum atomic E-state index is 10.2. The minimum absolute atomic E-state index is 0.0623. The van der Waals surface area contributed by atoms with Crippen molar-refractivity contribution in [2.75, 3.05) is 6.61 Å². The SMILES string of the molecule is O=C(O)COc1ccc([N+](=O)[O-])cc1.O=S(Cl)Cl. The van der Waals surface area contributed by atoms with E-state index in [1.54, 1.807) is 0 Å². The summed E-state index contributed by atoms with van der Waals surface area (Å²) >= 11 is 0. The Balaban J connectivity index is 0.000000631. The molecule has 1 aromatic rings. The van der Waals surface area contributed by atoms with E-state index in [4.69, 9.17) is 14.1 Å². The quantitative estimate of drug-likeness (QED) is 0.518. The molecule has 0 bridgehead atoms. The van der Waals surface area contributed by atoms with Crippen LogP contribution < -0.4 is 4.74 Å². The summed E-state index contributed by atoms with van der Waals surface area (Å²) in [4.78, 5) is 19.8. The fourth-order valence-corrected chi connectivity index (χ4v) is 0.809. The van der Waals surface area contributed by atoms with E-state index in [0.717, 1.165) is 0 Å². The van der Waals surface area contributed by atoms with E-state index in [1.807, 2.05) is 0 Å². The van der Waals surface area contributed by atoms with Gasteiger partial charge in [-0.05, 0) is 12.1 Å². The molecule has 0 heterocycles. The van der Waals surface area contributed by atoms with Crippen LogP contribution in [0.1, 0.15) is 0 Å². The van der Waals surface area contributed by atoms with Gasteiger partial charge in [-0.2, -0.15) is 0 Å². The number of non-ortho nitro benzene ring substituents is 1. The number of aliphatic carboxylic acids is 1. The highest BCUT2D eigenvalue weighted by Crippen LogP contribution is 2.16. The van der Waals surface area contributed by atoms with Gasteiger partial charge in [0.2, 0.25) is 9.23 Å². The van der Waals surface area contributed by atoms with Crippen LogP contribution in [0.5, 0.6) is 5.75 Å². The summed E-state index contributed by atoms with van der Waals surface area (Å²) in [6.07, 6.45) is 0. The van der Waals surface area contributed by atoms with Crippen molar-refractivity contribution in [1.82, 2.24) is 0 Å². The number of hydrogen-bond donors (Lipinski definition) is 1. The van der Waals surface area contributed by atoms with Gasteiger partial charge in [0.1, 0.15) is 5.75 Å². The summed E-state index contributed by atoms with van der Waals surface area (Å²) in [6.45, 7) is -0.461. The number of ether oxygens (including phenoxy) is 1. The number of rotatable bonds is 4. The van der Waals surface area contributed by atoms with Crippen molar-refractivity contribution in [3.8, 4) is 5.75 Å². The van der Waals surface area contributed by atoms with Crippen LogP contribution in [0.25, 0.3) is 0 Å². The topological polar surface area (TPSA) is 107 Å². The van der Waals surface area contributed by atoms with Gasteiger partial charge in [0.15, 0.2) is 6.61 Å². The van der Waals surface area contributed by atoms with Crippen LogP contribution >= 0.6 is 21.4 Å². The Bertz CT molecular complexity index is 434. The third-order valence-electron chi connectivity index (χ3n) is 1.41. The Morgan fingerprint density at radius 2 is 1.83 bits per heavy atom. The number of halogens is 2. The van der Waals surface area contributed by atoms with Gasteiger partial charge in [0, 0.05) is 33.5 Å². The van der Waals surface area contributed by atoms with Crippen molar-refractivity contribution in [3.05, 3.63) is 34.4 Å². The summed E-state index contributed by atoms with van der Waals surface area (Å²) in [7, 11) is 7.36. The lowest BCUT2D eigenvalue weighted by Gasteiger charge is -2.01. The third-order valence-corrected chi connectivity index (χ3v) is 1.41. The Kier molecular flexibility index (Phi) is 8.01. The average molecular weight is 316 g/mol. The smallest absolute Gasteiger partial charge is 0.341 e. The van der Waals surface area contributed by atoms with Crippen molar-refractivity contribution in [1.29, 1.82) is 0 Å². The van der Waals surface area contributed by atoms with Gasteiger partial charge in [0.25, 0.3) is 5.69 Å². The largest absolute Gasteiger partial charge is 0.482 e. The molecular formula is C8H7Cl2NO6S. The summed E-state index contributed by atoms with van der Waals surface area (Å²) in [5.74, 6) is -0.804. The number of nitro benzene ring substituents is 1. The Morgan fingerprint density at radius 1 is 1.39 bits per heavy atom. The van der Waals surface area contributed by atoms with Crippen LogP contribution in [0.4, 0.5) is 5.69 Å². The molecule has 0 saturated heterocycles. The molecule has 1 aromatic carbocycles. The number of nitrogens with zero attached hydrogens (tertiary/aromatic N) is 1. The van der Waals surface area contributed by atoms with E-state index in [1.165, 1.54) is 24.3 Å². The van der Waals surface area contributed by atoms with Gasteiger partial charge in [-0.25, -0.2) is 9.00 Å². The summed E-state index contributed by atoms with van der Waals surface area (Å²) in [5.41, 5.74) is -0.0623. The average Bonchev–Trinajstić information content (AvgIpc) is 2.26. The molecule has 0 spiro atoms. The van der Waals surface area contributed by atoms with Crippen LogP contribution in [0.15, 0.2) is 24.3 Å². The lowest BCUT2D eigenvalue weighted by Crippen LogP contribution is -2.09. The molecule has 18 heavy (non-hydrogen) atoms. The minimum Gasteiger partial charge on any atom is -0.482 e. The van der Waals surface area contributed by atoms with E-state index in [2.05, 4.69) is 21.4 Å². The molecule has 0 aromatic heterocycles. The summed E-state index contributed by atoms with van der Waals surface area (Å²) in [5, 5.41) is 18.5. The first-order valence-electron chi connectivity index (χ1n) is 4.16. The van der Waals surface area contributed by atoms with E-state index in [-0.39, 0.29) is 11.4 Å². The van der Waals surface area contributed by atoms with Crippen LogP contribution in [0.2, 0.25) is 0 Å². The van der Waals surface area contributed by atoms with Crippen molar-refractivity contribution in [2.45, 2.75) is 0 Å². The molecule has 0 amide bonds. The van der Waals surface area contributed by atoms with Crippen molar-refractivity contribution < 1.29 is 23.8 Å². The Morgan fingerprint density at radius 3 is 2.17 bits per heavy atom. The number of carboxylic acid groups (broad SMARTS) is 1. The lowest BCUT2D eigenvalue weighted by atomic mass is 10.3. The molecular weight excluding hydrogens is 309 g/mol. The monoisotopic (exact) mass is 315 g/mol. The number of nitro groups is 1. The van der Waals surface area contributed by atoms with Crippen LogP contribution in [0, 0.1) is 10.1 Å². The molecule has 1 N–H and O–H groups in total. The van der Waals surface area contributed by atoms with Crippen LogP contribution in [0.3, 0.4) is 0 Å². The molecule has 0 fully saturated rings. The number of hydrogen-bond acceptors (Lipinski definition) is 5. The highest BCUT2D eigenvalue weighted by atomic mass is 36.0. The Labute approximate surface area is 113 Å². The zero-order valence-corrected chi connectivity index (χ0v) is 10.9. The molecule has 0 aliphatic rings. The van der Waals surface area contributed by atoms with Gasteiger partial charge in [-0.15, -0.1) is 0 Å². The van der Waals surface area contributed by atoms with Gasteiger partial charge >= 0.3 is 5.97 Å². The lowest BCUT2D eigenvalue weighted by molar-refractivity contribution is -0.384. The zero-order chi connectivity index (χ0) is 14.1. The molecule has 0 radical (unpaired) electrons. The zero-order valence-electron chi connectivity index (χ0n) is 8.62. The fraction of sp³-hybridized carbons (Fsp3) is 0.125. The predicted molar refractivity (Wildman–Crippen MR) is 66.1 cm³/mol. The number of carbonyl (C=O) groups is 1. The van der Waals surface area contributed by atoms with E-state index < -0.39 is 26.7 Å². The third kappa shape index (κ3) is 8.74. The standard InChI is InChI=1S/C8H7NO5.Cl2OS/c10-8(11)5-14-7-3-1-6(2-4-7)9(12)13;1-4(2)3/h1-4H,5H2,(H,10,11);. The van der Waals surface area contributed by atoms with Gasteiger partial charge in [0.05, 0.1) is 4.92 Å². The molecule has 0 saturated carbocycles. The summed E-state index contributed by atoms with van der Waals surface area (Å²) < 4.78 is 13.9. The summed E-state index contributed by atoms with van der Waals surface area (Å²) in [6, 6.07) is 5.19. The van der Waals surface area contributed by atoms with E-state index >= 15 is 0 Å². The molecule has 100 valence electrons. The minimum atomic E-state index is -1.67. The van der Waals surface area contributed by atoms with Crippen molar-refractivity contribution >= 4 is 42.2 Å². The van der Waals surface area contributed by atoms with Crippen molar-refractivity contribution in [3.63, 3.8) is 0 Å². The second kappa shape index (κ2) is 8.67. The van der Waals surface area contributed by atoms with Gasteiger partial charge in [-0.3, -0.25) is 10.1 Å². The molecule has 0 aliphatic carbocycles. The van der Waals surface area contributed by atoms with E-state index in [0.29, 0.717) is 0 Å². The van der Waals surface area contributed by atoms with Crippen molar-refractivity contribution in [2.24, 2.45) is 0 Å². The maximum Gasteiger partial charge on any atom is 0.341 e. The highest BCUT2D eigenvalue weighted by molar-refractivity contribution is 8.26. The highest BCUT2D eigenvalue weighted by Gasteiger charge is 2.05. The van der Waals surface area contributed by atoms with E-state index in [9.17, 15) is 14.9 Å². The molecule has 0 unspecified atom stereocenters. The molecule has 7 nitrogen and oxygen atoms in total. The van der Waals surface area contributed by atoms with Crippen LogP contribution in [-0.2, 0) is 14.0 Å². The predicted octanol–water partition coefficient (Wildman–Crippen LogP) is 2.10. The molecule has 0 aliphatic heterocycles. The first-order chi connectivity index (χ1) is 8.32. The molecule has 10 heteroatoms. The second-order valence-corrected chi connectivity index (χ2v) is 5.14. The number of carboxylic acids is 1. The van der Waals surface area contributed by atoms with Crippen LogP contribution in [-0.4, -0.2) is 26.8 Å². The fourth-order valence-electron chi connectivity index (χ4n) is 0.809. The van der Waals surface area contributed by atoms with Gasteiger partial charge < -0.3 is 9.84 Å². The maximum absolute atomic E-state index is 10.2. The molecule has 0 atom stereocenters. The normalized spacial score (nSPS) is 9.28. The Hall–Kier alpha value is -1.38. The second-order valence-electron chi connectivity index (χ2n) is 2.62. The first-order valence-corrected chi connectivity index (χ1v) is 6.96.